The van der Waals surface area contributed by atoms with Gasteiger partial charge in [-0.25, -0.2) is 18.1 Å². The zero-order chi connectivity index (χ0) is 13.9. The van der Waals surface area contributed by atoms with Crippen LogP contribution in [0, 0.1) is 0 Å². The van der Waals surface area contributed by atoms with Crippen LogP contribution in [-0.2, 0) is 16.4 Å². The second-order valence-corrected chi connectivity index (χ2v) is 6.82. The third kappa shape index (κ3) is 3.79. The number of hydrogen-bond donors (Lipinski definition) is 2. The van der Waals surface area contributed by atoms with Gasteiger partial charge in [0.05, 0.1) is 5.02 Å². The first-order chi connectivity index (χ1) is 8.99. The van der Waals surface area contributed by atoms with E-state index in [-0.39, 0.29) is 16.5 Å². The van der Waals surface area contributed by atoms with Crippen LogP contribution in [0.5, 0.6) is 0 Å². The van der Waals surface area contributed by atoms with Gasteiger partial charge in [0.15, 0.2) is 0 Å². The Hall–Kier alpha value is -0.890. The van der Waals surface area contributed by atoms with Gasteiger partial charge in [-0.05, 0) is 18.2 Å². The largest absolute Gasteiger partial charge is 0.349 e. The van der Waals surface area contributed by atoms with Crippen molar-refractivity contribution in [3.63, 3.8) is 0 Å². The number of sulfonamides is 1. The highest BCUT2D eigenvalue weighted by Crippen LogP contribution is 2.24. The van der Waals surface area contributed by atoms with E-state index < -0.39 is 10.0 Å². The van der Waals surface area contributed by atoms with Crippen LogP contribution in [-0.4, -0.2) is 24.9 Å². The van der Waals surface area contributed by atoms with E-state index in [1.165, 1.54) is 6.07 Å². The summed E-state index contributed by atoms with van der Waals surface area (Å²) in [6.45, 7) is 0.252. The molecule has 0 aliphatic heterocycles. The summed E-state index contributed by atoms with van der Waals surface area (Å²) < 4.78 is 27.3. The van der Waals surface area contributed by atoms with Gasteiger partial charge in [0.2, 0.25) is 10.0 Å². The molecule has 5 nitrogen and oxygen atoms in total. The Morgan fingerprint density at radius 1 is 1.42 bits per heavy atom. The van der Waals surface area contributed by atoms with Crippen molar-refractivity contribution in [1.29, 1.82) is 0 Å². The number of aromatic amines is 1. The summed E-state index contributed by atoms with van der Waals surface area (Å²) in [5, 5.41) is 0.180. The third-order valence-corrected chi connectivity index (χ3v) is 4.83. The minimum absolute atomic E-state index is 0.0665. The van der Waals surface area contributed by atoms with Crippen LogP contribution in [0.25, 0.3) is 0 Å². The number of nitrogens with zero attached hydrogens (tertiary/aromatic N) is 1. The lowest BCUT2D eigenvalue weighted by atomic mass is 10.4. The molecule has 1 aromatic carbocycles. The fourth-order valence-electron chi connectivity index (χ4n) is 1.51. The Morgan fingerprint density at radius 2 is 2.21 bits per heavy atom. The number of benzene rings is 1. The van der Waals surface area contributed by atoms with Crippen LogP contribution < -0.4 is 4.72 Å². The highest BCUT2D eigenvalue weighted by atomic mass is 79.9. The van der Waals surface area contributed by atoms with Crippen molar-refractivity contribution < 1.29 is 8.42 Å². The third-order valence-electron chi connectivity index (χ3n) is 2.39. The van der Waals surface area contributed by atoms with E-state index in [0.29, 0.717) is 6.42 Å². The van der Waals surface area contributed by atoms with Crippen LogP contribution >= 0.6 is 27.5 Å². The maximum absolute atomic E-state index is 12.1. The Labute approximate surface area is 124 Å². The second kappa shape index (κ2) is 6.04. The maximum Gasteiger partial charge on any atom is 0.242 e. The number of hydrogen-bond acceptors (Lipinski definition) is 3. The molecule has 19 heavy (non-hydrogen) atoms. The Bertz CT molecular complexity index is 659. The van der Waals surface area contributed by atoms with Gasteiger partial charge in [0.1, 0.15) is 10.7 Å². The Morgan fingerprint density at radius 3 is 2.84 bits per heavy atom. The molecule has 1 aromatic heterocycles. The molecule has 2 N–H and O–H groups in total. The first kappa shape index (κ1) is 14.5. The predicted octanol–water partition coefficient (Wildman–Crippen LogP) is 2.35. The lowest BCUT2D eigenvalue weighted by Crippen LogP contribution is -2.26. The van der Waals surface area contributed by atoms with E-state index >= 15 is 0 Å². The van der Waals surface area contributed by atoms with Gasteiger partial charge in [-0.2, -0.15) is 0 Å². The standard InChI is InChI=1S/C11H11BrClN3O2S/c12-8-1-2-10(9(13)7-8)19(17,18)16-4-3-11-14-5-6-15-11/h1-2,5-7,16H,3-4H2,(H,14,15). The fourth-order valence-corrected chi connectivity index (χ4v) is 3.58. The van der Waals surface area contributed by atoms with Crippen LogP contribution in [0.15, 0.2) is 40.0 Å². The molecule has 2 aromatic rings. The lowest BCUT2D eigenvalue weighted by Gasteiger charge is -2.08. The summed E-state index contributed by atoms with van der Waals surface area (Å²) in [5.41, 5.74) is 0. The smallest absolute Gasteiger partial charge is 0.242 e. The summed E-state index contributed by atoms with van der Waals surface area (Å²) in [7, 11) is -3.61. The van der Waals surface area contributed by atoms with Gasteiger partial charge < -0.3 is 4.98 Å². The zero-order valence-electron chi connectivity index (χ0n) is 9.73. The van der Waals surface area contributed by atoms with E-state index in [1.54, 1.807) is 24.5 Å². The molecule has 0 amide bonds. The molecule has 0 bridgehead atoms. The Kier molecular flexibility index (Phi) is 4.62. The van der Waals surface area contributed by atoms with Crippen molar-refractivity contribution in [3.05, 3.63) is 45.9 Å². The quantitative estimate of drug-likeness (QED) is 0.855. The monoisotopic (exact) mass is 363 g/mol. The van der Waals surface area contributed by atoms with Crippen molar-refractivity contribution in [2.24, 2.45) is 0 Å². The molecular weight excluding hydrogens is 354 g/mol. The molecule has 1 heterocycles. The van der Waals surface area contributed by atoms with E-state index in [1.807, 2.05) is 0 Å². The topological polar surface area (TPSA) is 74.8 Å². The van der Waals surface area contributed by atoms with E-state index in [2.05, 4.69) is 30.6 Å². The summed E-state index contributed by atoms with van der Waals surface area (Å²) in [5.74, 6) is 0.726. The summed E-state index contributed by atoms with van der Waals surface area (Å²) in [4.78, 5) is 6.99. The number of nitrogens with one attached hydrogen (secondary N) is 2. The lowest BCUT2D eigenvalue weighted by molar-refractivity contribution is 0.581. The van der Waals surface area contributed by atoms with Crippen LogP contribution in [0.2, 0.25) is 5.02 Å². The SMILES string of the molecule is O=S(=O)(NCCc1ncc[nH]1)c1ccc(Br)cc1Cl. The van der Waals surface area contributed by atoms with Gasteiger partial charge in [-0.15, -0.1) is 0 Å². The molecule has 0 fully saturated rings. The second-order valence-electron chi connectivity index (χ2n) is 3.76. The average Bonchev–Trinajstić information content (AvgIpc) is 2.81. The first-order valence-corrected chi connectivity index (χ1v) is 8.07. The molecule has 0 aliphatic carbocycles. The summed E-state index contributed by atoms with van der Waals surface area (Å²) in [6, 6.07) is 4.64. The van der Waals surface area contributed by atoms with E-state index in [4.69, 9.17) is 11.6 Å². The van der Waals surface area contributed by atoms with Crippen molar-refractivity contribution in [3.8, 4) is 0 Å². The number of H-pyrrole nitrogens is 1. The molecule has 0 unspecified atom stereocenters. The van der Waals surface area contributed by atoms with Gasteiger partial charge in [0, 0.05) is 29.8 Å². The van der Waals surface area contributed by atoms with Crippen LogP contribution in [0.3, 0.4) is 0 Å². The number of halogens is 2. The molecule has 8 heteroatoms. The number of imidazole rings is 1. The van der Waals surface area contributed by atoms with Crippen molar-refractivity contribution in [2.45, 2.75) is 11.3 Å². The van der Waals surface area contributed by atoms with E-state index in [9.17, 15) is 8.42 Å². The zero-order valence-corrected chi connectivity index (χ0v) is 12.9. The molecule has 0 atom stereocenters. The molecular formula is C11H11BrClN3O2S. The normalized spacial score (nSPS) is 11.7. The average molecular weight is 365 g/mol. The summed E-state index contributed by atoms with van der Waals surface area (Å²) in [6.07, 6.45) is 3.80. The maximum atomic E-state index is 12.1. The molecule has 102 valence electrons. The van der Waals surface area contributed by atoms with Crippen molar-refractivity contribution >= 4 is 37.6 Å². The fraction of sp³-hybridized carbons (Fsp3) is 0.182. The highest BCUT2D eigenvalue weighted by Gasteiger charge is 2.17. The van der Waals surface area contributed by atoms with Gasteiger partial charge in [-0.3, -0.25) is 0 Å². The van der Waals surface area contributed by atoms with Crippen molar-refractivity contribution in [2.75, 3.05) is 6.54 Å². The molecule has 0 aliphatic rings. The predicted molar refractivity (Wildman–Crippen MR) is 76.6 cm³/mol. The van der Waals surface area contributed by atoms with Crippen molar-refractivity contribution in [1.82, 2.24) is 14.7 Å². The molecule has 0 saturated carbocycles. The Balaban J connectivity index is 2.05. The minimum Gasteiger partial charge on any atom is -0.349 e. The highest BCUT2D eigenvalue weighted by molar-refractivity contribution is 9.10. The van der Waals surface area contributed by atoms with Crippen LogP contribution in [0.4, 0.5) is 0 Å². The molecule has 0 radical (unpaired) electrons. The summed E-state index contributed by atoms with van der Waals surface area (Å²) >= 11 is 9.15. The van der Waals surface area contributed by atoms with Gasteiger partial charge in [0.25, 0.3) is 0 Å². The molecule has 2 rings (SSSR count). The minimum atomic E-state index is -3.61. The molecule has 0 spiro atoms. The van der Waals surface area contributed by atoms with Gasteiger partial charge in [-0.1, -0.05) is 27.5 Å². The molecule has 0 saturated heterocycles. The first-order valence-electron chi connectivity index (χ1n) is 5.42. The number of rotatable bonds is 5. The van der Waals surface area contributed by atoms with E-state index in [0.717, 1.165) is 10.3 Å². The van der Waals surface area contributed by atoms with Gasteiger partial charge >= 0.3 is 0 Å². The van der Waals surface area contributed by atoms with Crippen LogP contribution in [0.1, 0.15) is 5.82 Å². The number of aromatic nitrogens is 2.